The first kappa shape index (κ1) is 22.2. The number of amides is 2. The summed E-state index contributed by atoms with van der Waals surface area (Å²) in [6.07, 6.45) is -2.37. The molecule has 0 aromatic heterocycles. The van der Waals surface area contributed by atoms with Crippen LogP contribution in [0.4, 0.5) is 18.0 Å². The fourth-order valence-corrected chi connectivity index (χ4v) is 4.74. The molecule has 2 saturated heterocycles. The highest BCUT2D eigenvalue weighted by atomic mass is 19.4. The zero-order chi connectivity index (χ0) is 22.7. The van der Waals surface area contributed by atoms with Crippen LogP contribution in [0.1, 0.15) is 42.4 Å². The minimum absolute atomic E-state index is 0.00365. The number of rotatable bonds is 5. The summed E-state index contributed by atoms with van der Waals surface area (Å²) in [4.78, 5) is 27.0. The van der Waals surface area contributed by atoms with Crippen LogP contribution in [0, 0.1) is 0 Å². The molecule has 3 atom stereocenters. The third-order valence-electron chi connectivity index (χ3n) is 6.24. The lowest BCUT2D eigenvalue weighted by atomic mass is 9.96. The number of hydrogen-bond donors (Lipinski definition) is 1. The van der Waals surface area contributed by atoms with Crippen LogP contribution in [0.5, 0.6) is 0 Å². The third-order valence-corrected chi connectivity index (χ3v) is 6.24. The molecule has 2 aliphatic heterocycles. The van der Waals surface area contributed by atoms with Gasteiger partial charge in [-0.15, -0.1) is 0 Å². The molecule has 0 saturated carbocycles. The molecule has 0 radical (unpaired) electrons. The minimum Gasteiger partial charge on any atom is -0.445 e. The lowest BCUT2D eigenvalue weighted by Crippen LogP contribution is -2.56. The standard InChI is InChI=1S/C24H25F3N2O3/c25-24(26,27)20-9-5-4-8-17(20)14-19-11-10-18-12-13-21(22(30)29(18)19)28-23(31)32-15-16-6-2-1-3-7-16/h1-9,18-19,21H,10-15H2,(H,28,31)/t18-,19-,21+/m0/s1. The number of alkyl carbamates (subject to hydrolysis) is 1. The van der Waals surface area contributed by atoms with E-state index in [0.29, 0.717) is 19.3 Å². The summed E-state index contributed by atoms with van der Waals surface area (Å²) in [5.41, 5.74) is 0.364. The Morgan fingerprint density at radius 2 is 1.69 bits per heavy atom. The van der Waals surface area contributed by atoms with Crippen molar-refractivity contribution in [2.24, 2.45) is 0 Å². The number of hydrogen-bond acceptors (Lipinski definition) is 3. The van der Waals surface area contributed by atoms with E-state index in [1.165, 1.54) is 12.1 Å². The Bertz CT molecular complexity index is 964. The van der Waals surface area contributed by atoms with Crippen LogP contribution in [0.2, 0.25) is 0 Å². The molecule has 8 heteroatoms. The van der Waals surface area contributed by atoms with Crippen molar-refractivity contribution < 1.29 is 27.5 Å². The number of ether oxygens (including phenoxy) is 1. The number of benzene rings is 2. The number of nitrogens with zero attached hydrogens (tertiary/aromatic N) is 1. The van der Waals surface area contributed by atoms with Crippen molar-refractivity contribution in [2.45, 2.75) is 63.0 Å². The van der Waals surface area contributed by atoms with Crippen LogP contribution in [0.15, 0.2) is 54.6 Å². The van der Waals surface area contributed by atoms with E-state index in [0.717, 1.165) is 18.1 Å². The summed E-state index contributed by atoms with van der Waals surface area (Å²) in [7, 11) is 0. The summed E-state index contributed by atoms with van der Waals surface area (Å²) in [6.45, 7) is 0.0940. The Labute approximate surface area is 184 Å². The summed E-state index contributed by atoms with van der Waals surface area (Å²) in [5.74, 6) is -0.245. The average Bonchev–Trinajstić information content (AvgIpc) is 3.18. The highest BCUT2D eigenvalue weighted by Crippen LogP contribution is 2.37. The number of carbonyl (C=O) groups is 2. The van der Waals surface area contributed by atoms with Crippen molar-refractivity contribution in [3.63, 3.8) is 0 Å². The van der Waals surface area contributed by atoms with E-state index in [1.807, 2.05) is 30.3 Å². The van der Waals surface area contributed by atoms with Crippen LogP contribution in [-0.4, -0.2) is 35.0 Å². The molecule has 170 valence electrons. The summed E-state index contributed by atoms with van der Waals surface area (Å²) in [6, 6.07) is 13.7. The largest absolute Gasteiger partial charge is 0.445 e. The van der Waals surface area contributed by atoms with E-state index in [9.17, 15) is 22.8 Å². The van der Waals surface area contributed by atoms with Gasteiger partial charge in [0, 0.05) is 12.1 Å². The quantitative estimate of drug-likeness (QED) is 0.725. The van der Waals surface area contributed by atoms with Crippen LogP contribution < -0.4 is 5.32 Å². The van der Waals surface area contributed by atoms with Crippen molar-refractivity contribution >= 4 is 12.0 Å². The van der Waals surface area contributed by atoms with Gasteiger partial charge >= 0.3 is 12.3 Å². The molecule has 0 unspecified atom stereocenters. The molecule has 0 aliphatic carbocycles. The fourth-order valence-electron chi connectivity index (χ4n) is 4.74. The second-order valence-electron chi connectivity index (χ2n) is 8.33. The topological polar surface area (TPSA) is 58.6 Å². The smallest absolute Gasteiger partial charge is 0.416 e. The van der Waals surface area contributed by atoms with E-state index < -0.39 is 23.9 Å². The Kier molecular flexibility index (Phi) is 6.39. The molecule has 1 N–H and O–H groups in total. The number of alkyl halides is 3. The third kappa shape index (κ3) is 4.89. The van der Waals surface area contributed by atoms with Crippen molar-refractivity contribution in [3.05, 3.63) is 71.3 Å². The lowest BCUT2D eigenvalue weighted by Gasteiger charge is -2.38. The summed E-state index contributed by atoms with van der Waals surface area (Å²) in [5, 5.41) is 2.64. The van der Waals surface area contributed by atoms with Crippen molar-refractivity contribution in [2.75, 3.05) is 0 Å². The predicted octanol–water partition coefficient (Wildman–Crippen LogP) is 4.70. The maximum atomic E-state index is 13.4. The van der Waals surface area contributed by atoms with Gasteiger partial charge in [0.15, 0.2) is 0 Å². The lowest BCUT2D eigenvalue weighted by molar-refractivity contribution is -0.139. The molecule has 32 heavy (non-hydrogen) atoms. The zero-order valence-corrected chi connectivity index (χ0v) is 17.5. The number of piperidine rings is 1. The van der Waals surface area contributed by atoms with Crippen molar-refractivity contribution in [3.8, 4) is 0 Å². The highest BCUT2D eigenvalue weighted by molar-refractivity contribution is 5.87. The SMILES string of the molecule is O=C(N[C@@H]1CC[C@@H]2CC[C@@H](Cc3ccccc3C(F)(F)F)N2C1=O)OCc1ccccc1. The first-order valence-electron chi connectivity index (χ1n) is 10.8. The van der Waals surface area contributed by atoms with Crippen molar-refractivity contribution in [1.29, 1.82) is 0 Å². The highest BCUT2D eigenvalue weighted by Gasteiger charge is 2.44. The van der Waals surface area contributed by atoms with E-state index in [-0.39, 0.29) is 36.6 Å². The predicted molar refractivity (Wildman–Crippen MR) is 112 cm³/mol. The Morgan fingerprint density at radius 3 is 2.44 bits per heavy atom. The number of carbonyl (C=O) groups excluding carboxylic acids is 2. The molecule has 0 spiro atoms. The Hall–Kier alpha value is -3.03. The number of halogens is 3. The van der Waals surface area contributed by atoms with Gasteiger partial charge in [-0.3, -0.25) is 4.79 Å². The van der Waals surface area contributed by atoms with E-state index in [4.69, 9.17) is 4.74 Å². The number of nitrogens with one attached hydrogen (secondary N) is 1. The van der Waals surface area contributed by atoms with Gasteiger partial charge in [0.25, 0.3) is 0 Å². The van der Waals surface area contributed by atoms with Crippen LogP contribution in [0.25, 0.3) is 0 Å². The Morgan fingerprint density at radius 1 is 1.00 bits per heavy atom. The molecule has 0 bridgehead atoms. The van der Waals surface area contributed by atoms with Gasteiger partial charge in [0.05, 0.1) is 5.56 Å². The van der Waals surface area contributed by atoms with Gasteiger partial charge in [-0.05, 0) is 49.3 Å². The summed E-state index contributed by atoms with van der Waals surface area (Å²) >= 11 is 0. The summed E-state index contributed by atoms with van der Waals surface area (Å²) < 4.78 is 45.4. The average molecular weight is 446 g/mol. The first-order valence-corrected chi connectivity index (χ1v) is 10.8. The van der Waals surface area contributed by atoms with Gasteiger partial charge in [-0.1, -0.05) is 48.5 Å². The first-order chi connectivity index (χ1) is 15.3. The van der Waals surface area contributed by atoms with E-state index >= 15 is 0 Å². The normalized spacial score (nSPS) is 23.0. The van der Waals surface area contributed by atoms with Gasteiger partial charge in [0.1, 0.15) is 12.6 Å². The van der Waals surface area contributed by atoms with Crippen LogP contribution >= 0.6 is 0 Å². The molecule has 5 nitrogen and oxygen atoms in total. The van der Waals surface area contributed by atoms with Gasteiger partial charge in [-0.2, -0.15) is 13.2 Å². The van der Waals surface area contributed by atoms with E-state index in [1.54, 1.807) is 11.0 Å². The Balaban J connectivity index is 1.40. The molecule has 2 heterocycles. The molecule has 2 fully saturated rings. The molecular weight excluding hydrogens is 421 g/mol. The van der Waals surface area contributed by atoms with Gasteiger partial charge in [0.2, 0.25) is 5.91 Å². The van der Waals surface area contributed by atoms with E-state index in [2.05, 4.69) is 5.32 Å². The van der Waals surface area contributed by atoms with Gasteiger partial charge in [-0.25, -0.2) is 4.79 Å². The second-order valence-corrected chi connectivity index (χ2v) is 8.33. The maximum absolute atomic E-state index is 13.4. The maximum Gasteiger partial charge on any atom is 0.416 e. The minimum atomic E-state index is -4.44. The zero-order valence-electron chi connectivity index (χ0n) is 17.5. The van der Waals surface area contributed by atoms with Crippen molar-refractivity contribution in [1.82, 2.24) is 10.2 Å². The molecule has 2 amide bonds. The monoisotopic (exact) mass is 446 g/mol. The van der Waals surface area contributed by atoms with Crippen LogP contribution in [-0.2, 0) is 28.7 Å². The molecule has 4 rings (SSSR count). The molecule has 2 aromatic carbocycles. The molecular formula is C24H25F3N2O3. The molecule has 2 aliphatic rings. The number of fused-ring (bicyclic) bond motifs is 1. The van der Waals surface area contributed by atoms with Gasteiger partial charge < -0.3 is 15.0 Å². The fraction of sp³-hybridized carbons (Fsp3) is 0.417. The second kappa shape index (κ2) is 9.22. The van der Waals surface area contributed by atoms with Crippen LogP contribution in [0.3, 0.4) is 0 Å². The molecule has 2 aromatic rings.